The van der Waals surface area contributed by atoms with Gasteiger partial charge in [-0.2, -0.15) is 4.98 Å². The number of ether oxygens (including phenoxy) is 1. The first-order valence-corrected chi connectivity index (χ1v) is 11.2. The Morgan fingerprint density at radius 2 is 1.82 bits per heavy atom. The van der Waals surface area contributed by atoms with Crippen molar-refractivity contribution in [2.24, 2.45) is 0 Å². The Morgan fingerprint density at radius 1 is 0.971 bits per heavy atom. The van der Waals surface area contributed by atoms with E-state index in [0.29, 0.717) is 24.9 Å². The summed E-state index contributed by atoms with van der Waals surface area (Å²) < 4.78 is 11.1. The van der Waals surface area contributed by atoms with Gasteiger partial charge in [0.1, 0.15) is 0 Å². The van der Waals surface area contributed by atoms with Crippen LogP contribution in [0.2, 0.25) is 0 Å². The van der Waals surface area contributed by atoms with Gasteiger partial charge in [0.2, 0.25) is 5.82 Å². The Balaban J connectivity index is 1.56. The van der Waals surface area contributed by atoms with Crippen molar-refractivity contribution >= 4 is 0 Å². The van der Waals surface area contributed by atoms with Gasteiger partial charge in [0.15, 0.2) is 6.29 Å². The van der Waals surface area contributed by atoms with Crippen molar-refractivity contribution in [3.63, 3.8) is 0 Å². The molecule has 0 aliphatic carbocycles. The van der Waals surface area contributed by atoms with E-state index >= 15 is 0 Å². The van der Waals surface area contributed by atoms with E-state index < -0.39 is 6.29 Å². The number of hydrogen-bond donors (Lipinski definition) is 3. The lowest BCUT2D eigenvalue weighted by atomic mass is 9.94. The molecular weight excluding hydrogens is 430 g/mol. The molecule has 0 amide bonds. The number of nitrogens with one attached hydrogen (secondary N) is 1. The van der Waals surface area contributed by atoms with Gasteiger partial charge in [-0.3, -0.25) is 0 Å². The summed E-state index contributed by atoms with van der Waals surface area (Å²) in [6.45, 7) is 3.35. The van der Waals surface area contributed by atoms with E-state index in [1.807, 2.05) is 48.5 Å². The highest BCUT2D eigenvalue weighted by Crippen LogP contribution is 2.31. The molecule has 0 radical (unpaired) electrons. The average molecular weight is 460 g/mol. The molecule has 3 aromatic carbocycles. The Labute approximate surface area is 199 Å². The van der Waals surface area contributed by atoms with Crippen molar-refractivity contribution in [2.75, 3.05) is 20.2 Å². The van der Waals surface area contributed by atoms with E-state index in [0.717, 1.165) is 34.2 Å². The number of aromatic nitrogens is 2. The first-order chi connectivity index (χ1) is 16.5. The molecule has 0 aliphatic heterocycles. The number of hydrogen-bond acceptors (Lipinski definition) is 7. The molecule has 0 spiro atoms. The van der Waals surface area contributed by atoms with Crippen molar-refractivity contribution in [3.05, 3.63) is 83.4 Å². The van der Waals surface area contributed by atoms with Gasteiger partial charge >= 0.3 is 0 Å². The summed E-state index contributed by atoms with van der Waals surface area (Å²) >= 11 is 0. The van der Waals surface area contributed by atoms with Crippen LogP contribution in [0.25, 0.3) is 34.0 Å². The molecule has 0 fully saturated rings. The van der Waals surface area contributed by atoms with Gasteiger partial charge in [0.25, 0.3) is 5.89 Å². The number of aliphatic hydroxyl groups is 2. The summed E-state index contributed by atoms with van der Waals surface area (Å²) in [5.41, 5.74) is 7.35. The lowest BCUT2D eigenvalue weighted by Crippen LogP contribution is -2.27. The maximum atomic E-state index is 8.93. The maximum Gasteiger partial charge on any atom is 0.258 e. The predicted octanol–water partition coefficient (Wildman–Crippen LogP) is 3.97. The quantitative estimate of drug-likeness (QED) is 0.244. The lowest BCUT2D eigenvalue weighted by molar-refractivity contribution is -0.0369. The van der Waals surface area contributed by atoms with E-state index in [-0.39, 0.29) is 6.54 Å². The number of aryl methyl sites for hydroxylation is 1. The standard InChI is InChI=1S/C27H29N3O4/c1-18-6-3-4-9-23(18)24-11-10-21(15-22(24)17-33-2)27-29-26(30-34-27)20-8-5-7-19(14-20)12-13-28-16-25(31)32/h3-11,14-15,25,28,31-32H,12-13,16-17H2,1-2H3. The number of methoxy groups -OCH3 is 1. The summed E-state index contributed by atoms with van der Waals surface area (Å²) in [7, 11) is 1.69. The van der Waals surface area contributed by atoms with Crippen molar-refractivity contribution in [2.45, 2.75) is 26.2 Å². The second-order valence-corrected chi connectivity index (χ2v) is 8.18. The van der Waals surface area contributed by atoms with Crippen molar-refractivity contribution in [1.29, 1.82) is 0 Å². The third-order valence-corrected chi connectivity index (χ3v) is 5.62. The third-order valence-electron chi connectivity index (χ3n) is 5.62. The summed E-state index contributed by atoms with van der Waals surface area (Å²) in [5.74, 6) is 0.972. The van der Waals surface area contributed by atoms with Gasteiger partial charge in [-0.1, -0.05) is 53.7 Å². The zero-order chi connectivity index (χ0) is 23.9. The molecule has 4 aromatic rings. The van der Waals surface area contributed by atoms with Crippen LogP contribution in [-0.4, -0.2) is 46.8 Å². The molecule has 0 unspecified atom stereocenters. The summed E-state index contributed by atoms with van der Waals surface area (Å²) in [6, 6.07) is 22.3. The van der Waals surface area contributed by atoms with Crippen LogP contribution in [0.15, 0.2) is 71.3 Å². The molecule has 1 heterocycles. The topological polar surface area (TPSA) is 101 Å². The zero-order valence-corrected chi connectivity index (χ0v) is 19.4. The fourth-order valence-electron chi connectivity index (χ4n) is 3.93. The second-order valence-electron chi connectivity index (χ2n) is 8.18. The Hall–Kier alpha value is -3.36. The molecule has 0 bridgehead atoms. The molecule has 4 rings (SSSR count). The van der Waals surface area contributed by atoms with Crippen LogP contribution in [0.5, 0.6) is 0 Å². The summed E-state index contributed by atoms with van der Waals surface area (Å²) in [4.78, 5) is 4.63. The minimum atomic E-state index is -1.35. The van der Waals surface area contributed by atoms with Gasteiger partial charge in [0.05, 0.1) is 6.61 Å². The molecule has 0 aliphatic rings. The molecule has 176 valence electrons. The van der Waals surface area contributed by atoms with E-state index in [2.05, 4.69) is 40.6 Å². The van der Waals surface area contributed by atoms with Crippen LogP contribution in [0.1, 0.15) is 16.7 Å². The minimum absolute atomic E-state index is 0.140. The molecule has 1 aromatic heterocycles. The molecule has 7 nitrogen and oxygen atoms in total. The average Bonchev–Trinajstić information content (AvgIpc) is 3.33. The molecule has 0 saturated heterocycles. The third kappa shape index (κ3) is 5.76. The Morgan fingerprint density at radius 3 is 2.62 bits per heavy atom. The number of nitrogens with zero attached hydrogens (tertiary/aromatic N) is 2. The zero-order valence-electron chi connectivity index (χ0n) is 19.4. The highest BCUT2D eigenvalue weighted by atomic mass is 16.5. The van der Waals surface area contributed by atoms with Crippen LogP contribution in [0, 0.1) is 6.92 Å². The van der Waals surface area contributed by atoms with Crippen molar-refractivity contribution in [1.82, 2.24) is 15.5 Å². The SMILES string of the molecule is COCc1cc(-c2nc(-c3cccc(CCNCC(O)O)c3)no2)ccc1-c1ccccc1C. The van der Waals surface area contributed by atoms with E-state index in [1.54, 1.807) is 7.11 Å². The number of benzene rings is 3. The normalized spacial score (nSPS) is 11.3. The van der Waals surface area contributed by atoms with Gasteiger partial charge in [-0.05, 0) is 65.9 Å². The van der Waals surface area contributed by atoms with E-state index in [1.165, 1.54) is 11.1 Å². The molecule has 0 saturated carbocycles. The second kappa shape index (κ2) is 11.2. The minimum Gasteiger partial charge on any atom is -0.380 e. The first kappa shape index (κ1) is 23.8. The molecule has 34 heavy (non-hydrogen) atoms. The van der Waals surface area contributed by atoms with Gasteiger partial charge < -0.3 is 24.8 Å². The van der Waals surface area contributed by atoms with Crippen LogP contribution < -0.4 is 5.32 Å². The Kier molecular flexibility index (Phi) is 7.82. The van der Waals surface area contributed by atoms with Crippen LogP contribution in [0.3, 0.4) is 0 Å². The van der Waals surface area contributed by atoms with Crippen LogP contribution in [-0.2, 0) is 17.8 Å². The van der Waals surface area contributed by atoms with Crippen molar-refractivity contribution < 1.29 is 19.5 Å². The summed E-state index contributed by atoms with van der Waals surface area (Å²) in [6.07, 6.45) is -0.606. The molecule has 3 N–H and O–H groups in total. The van der Waals surface area contributed by atoms with E-state index in [4.69, 9.17) is 19.5 Å². The highest BCUT2D eigenvalue weighted by molar-refractivity contribution is 5.74. The number of rotatable bonds is 10. The first-order valence-electron chi connectivity index (χ1n) is 11.2. The van der Waals surface area contributed by atoms with Gasteiger partial charge in [-0.15, -0.1) is 0 Å². The number of aliphatic hydroxyl groups excluding tert-OH is 1. The molecule has 0 atom stereocenters. The fraction of sp³-hybridized carbons (Fsp3) is 0.259. The fourth-order valence-corrected chi connectivity index (χ4v) is 3.93. The van der Waals surface area contributed by atoms with Crippen LogP contribution >= 0.6 is 0 Å². The molecule has 7 heteroatoms. The van der Waals surface area contributed by atoms with E-state index in [9.17, 15) is 0 Å². The van der Waals surface area contributed by atoms with Gasteiger partial charge in [0, 0.05) is 24.8 Å². The maximum absolute atomic E-state index is 8.93. The van der Waals surface area contributed by atoms with Crippen LogP contribution in [0.4, 0.5) is 0 Å². The molecular formula is C27H29N3O4. The predicted molar refractivity (Wildman–Crippen MR) is 131 cm³/mol. The lowest BCUT2D eigenvalue weighted by Gasteiger charge is -2.12. The monoisotopic (exact) mass is 459 g/mol. The van der Waals surface area contributed by atoms with Crippen molar-refractivity contribution in [3.8, 4) is 34.0 Å². The summed E-state index contributed by atoms with van der Waals surface area (Å²) in [5, 5.41) is 25.0. The smallest absolute Gasteiger partial charge is 0.258 e. The van der Waals surface area contributed by atoms with Gasteiger partial charge in [-0.25, -0.2) is 0 Å². The largest absolute Gasteiger partial charge is 0.380 e. The Bertz CT molecular complexity index is 1240. The highest BCUT2D eigenvalue weighted by Gasteiger charge is 2.15.